The topological polar surface area (TPSA) is 52.4 Å². The molecule has 0 aliphatic heterocycles. The van der Waals surface area contributed by atoms with Crippen LogP contribution in [-0.4, -0.2) is 11.5 Å². The maximum absolute atomic E-state index is 12.8. The van der Waals surface area contributed by atoms with Crippen molar-refractivity contribution < 1.29 is 18.4 Å². The molecule has 0 radical (unpaired) electrons. The van der Waals surface area contributed by atoms with Gasteiger partial charge in [0.25, 0.3) is 0 Å². The van der Waals surface area contributed by atoms with E-state index in [0.29, 0.717) is 0 Å². The highest BCUT2D eigenvalue weighted by molar-refractivity contribution is 5.40. The SMILES string of the molecule is CCOc1cc(F)c(F)c([N+](=O)[O-])c1. The molecule has 0 aliphatic rings. The van der Waals surface area contributed by atoms with Crippen LogP contribution in [0.1, 0.15) is 6.92 Å². The molecule has 1 aromatic rings. The third-order valence-corrected chi connectivity index (χ3v) is 1.49. The summed E-state index contributed by atoms with van der Waals surface area (Å²) < 4.78 is 30.4. The van der Waals surface area contributed by atoms with Crippen LogP contribution in [0.25, 0.3) is 0 Å². The summed E-state index contributed by atoms with van der Waals surface area (Å²) in [5, 5.41) is 10.3. The normalized spacial score (nSPS) is 9.93. The lowest BCUT2D eigenvalue weighted by molar-refractivity contribution is -0.387. The number of benzene rings is 1. The lowest BCUT2D eigenvalue weighted by atomic mass is 10.3. The van der Waals surface area contributed by atoms with Crippen LogP contribution in [0.3, 0.4) is 0 Å². The van der Waals surface area contributed by atoms with Crippen LogP contribution in [-0.2, 0) is 0 Å². The van der Waals surface area contributed by atoms with E-state index in [0.717, 1.165) is 12.1 Å². The van der Waals surface area contributed by atoms with E-state index in [-0.39, 0.29) is 12.4 Å². The number of hydrogen-bond acceptors (Lipinski definition) is 3. The largest absolute Gasteiger partial charge is 0.494 e. The van der Waals surface area contributed by atoms with Crippen LogP contribution >= 0.6 is 0 Å². The highest BCUT2D eigenvalue weighted by Crippen LogP contribution is 2.26. The van der Waals surface area contributed by atoms with Gasteiger partial charge in [0.05, 0.1) is 17.6 Å². The van der Waals surface area contributed by atoms with E-state index in [2.05, 4.69) is 0 Å². The Hall–Kier alpha value is -1.72. The summed E-state index contributed by atoms with van der Waals surface area (Å²) >= 11 is 0. The molecule has 0 amide bonds. The van der Waals surface area contributed by atoms with Crippen molar-refractivity contribution in [1.29, 1.82) is 0 Å². The molecular formula is C8H7F2NO3. The maximum atomic E-state index is 12.8. The maximum Gasteiger partial charge on any atom is 0.311 e. The Balaban J connectivity index is 3.21. The number of ether oxygens (including phenoxy) is 1. The summed E-state index contributed by atoms with van der Waals surface area (Å²) in [5.41, 5.74) is -0.923. The minimum Gasteiger partial charge on any atom is -0.494 e. The van der Waals surface area contributed by atoms with Crippen LogP contribution in [0.4, 0.5) is 14.5 Å². The molecule has 14 heavy (non-hydrogen) atoms. The zero-order valence-electron chi connectivity index (χ0n) is 7.29. The van der Waals surface area contributed by atoms with Crippen LogP contribution in [0.5, 0.6) is 5.75 Å². The first-order valence-corrected chi connectivity index (χ1v) is 3.82. The number of rotatable bonds is 3. The average Bonchev–Trinajstić information content (AvgIpc) is 2.11. The minimum absolute atomic E-state index is 0.0573. The molecule has 0 aliphatic carbocycles. The van der Waals surface area contributed by atoms with Gasteiger partial charge >= 0.3 is 5.69 Å². The van der Waals surface area contributed by atoms with E-state index < -0.39 is 22.2 Å². The molecule has 6 heteroatoms. The molecule has 4 nitrogen and oxygen atoms in total. The summed E-state index contributed by atoms with van der Waals surface area (Å²) in [6, 6.07) is 1.62. The van der Waals surface area contributed by atoms with E-state index in [1.165, 1.54) is 0 Å². The summed E-state index contributed by atoms with van der Waals surface area (Å²) in [5.74, 6) is -2.82. The quantitative estimate of drug-likeness (QED) is 0.559. The number of halogens is 2. The fraction of sp³-hybridized carbons (Fsp3) is 0.250. The average molecular weight is 203 g/mol. The van der Waals surface area contributed by atoms with Gasteiger partial charge < -0.3 is 4.74 Å². The van der Waals surface area contributed by atoms with Gasteiger partial charge in [-0.15, -0.1) is 0 Å². The summed E-state index contributed by atoms with van der Waals surface area (Å²) in [6.07, 6.45) is 0. The molecular weight excluding hydrogens is 196 g/mol. The van der Waals surface area contributed by atoms with Gasteiger partial charge in [-0.1, -0.05) is 0 Å². The standard InChI is InChI=1S/C8H7F2NO3/c1-2-14-5-3-6(9)8(10)7(4-5)11(12)13/h3-4H,2H2,1H3. The van der Waals surface area contributed by atoms with Gasteiger partial charge in [0, 0.05) is 6.07 Å². The van der Waals surface area contributed by atoms with E-state index in [1.54, 1.807) is 6.92 Å². The Kier molecular flexibility index (Phi) is 2.95. The Labute approximate surface area is 78.3 Å². The highest BCUT2D eigenvalue weighted by atomic mass is 19.2. The van der Waals surface area contributed by atoms with Crippen LogP contribution < -0.4 is 4.74 Å². The van der Waals surface area contributed by atoms with Crippen molar-refractivity contribution in [3.05, 3.63) is 33.9 Å². The second-order valence-corrected chi connectivity index (χ2v) is 2.43. The Morgan fingerprint density at radius 2 is 2.14 bits per heavy atom. The highest BCUT2D eigenvalue weighted by Gasteiger charge is 2.20. The summed E-state index contributed by atoms with van der Waals surface area (Å²) in [6.45, 7) is 1.86. The molecule has 0 unspecified atom stereocenters. The van der Waals surface area contributed by atoms with Crippen molar-refractivity contribution in [2.24, 2.45) is 0 Å². The van der Waals surface area contributed by atoms with Gasteiger partial charge in [-0.05, 0) is 6.92 Å². The first-order valence-electron chi connectivity index (χ1n) is 3.82. The van der Waals surface area contributed by atoms with Crippen LogP contribution in [0.2, 0.25) is 0 Å². The third kappa shape index (κ3) is 1.95. The number of nitro groups is 1. The molecule has 76 valence electrons. The Morgan fingerprint density at radius 3 is 2.64 bits per heavy atom. The number of nitro benzene ring substituents is 1. The van der Waals surface area contributed by atoms with Crippen molar-refractivity contribution in [1.82, 2.24) is 0 Å². The fourth-order valence-corrected chi connectivity index (χ4v) is 0.933. The molecule has 0 heterocycles. The number of nitrogens with zero attached hydrogens (tertiary/aromatic N) is 1. The Morgan fingerprint density at radius 1 is 1.50 bits per heavy atom. The minimum atomic E-state index is -1.47. The van der Waals surface area contributed by atoms with Crippen LogP contribution in [0, 0.1) is 21.7 Å². The summed E-state index contributed by atoms with van der Waals surface area (Å²) in [4.78, 5) is 9.27. The van der Waals surface area contributed by atoms with Crippen molar-refractivity contribution in [2.45, 2.75) is 6.92 Å². The second-order valence-electron chi connectivity index (χ2n) is 2.43. The van der Waals surface area contributed by atoms with Crippen molar-refractivity contribution in [2.75, 3.05) is 6.61 Å². The molecule has 0 atom stereocenters. The van der Waals surface area contributed by atoms with Gasteiger partial charge in [-0.3, -0.25) is 10.1 Å². The van der Waals surface area contributed by atoms with E-state index in [4.69, 9.17) is 4.74 Å². The van der Waals surface area contributed by atoms with Crippen LogP contribution in [0.15, 0.2) is 12.1 Å². The lowest BCUT2D eigenvalue weighted by Crippen LogP contribution is -1.99. The molecule has 0 fully saturated rings. The molecule has 0 saturated carbocycles. The first kappa shape index (κ1) is 10.4. The number of hydrogen-bond donors (Lipinski definition) is 0. The van der Waals surface area contributed by atoms with Gasteiger partial charge in [0.1, 0.15) is 5.75 Å². The molecule has 0 N–H and O–H groups in total. The zero-order chi connectivity index (χ0) is 10.7. The van der Waals surface area contributed by atoms with Gasteiger partial charge in [0.15, 0.2) is 5.82 Å². The molecule has 0 spiro atoms. The molecule has 0 saturated heterocycles. The van der Waals surface area contributed by atoms with E-state index >= 15 is 0 Å². The van der Waals surface area contributed by atoms with Gasteiger partial charge in [-0.2, -0.15) is 4.39 Å². The summed E-state index contributed by atoms with van der Waals surface area (Å²) in [7, 11) is 0. The predicted molar refractivity (Wildman–Crippen MR) is 44.2 cm³/mol. The zero-order valence-corrected chi connectivity index (χ0v) is 7.29. The van der Waals surface area contributed by atoms with E-state index in [1.807, 2.05) is 0 Å². The molecule has 0 bridgehead atoms. The van der Waals surface area contributed by atoms with Crippen molar-refractivity contribution in [3.8, 4) is 5.75 Å². The Bertz CT molecular complexity index is 368. The van der Waals surface area contributed by atoms with Crippen molar-refractivity contribution in [3.63, 3.8) is 0 Å². The predicted octanol–water partition coefficient (Wildman–Crippen LogP) is 2.27. The smallest absolute Gasteiger partial charge is 0.311 e. The molecule has 1 rings (SSSR count). The third-order valence-electron chi connectivity index (χ3n) is 1.49. The second kappa shape index (κ2) is 3.99. The fourth-order valence-electron chi connectivity index (χ4n) is 0.933. The van der Waals surface area contributed by atoms with Crippen molar-refractivity contribution >= 4 is 5.69 Å². The van der Waals surface area contributed by atoms with E-state index in [9.17, 15) is 18.9 Å². The molecule has 0 aromatic heterocycles. The molecule has 1 aromatic carbocycles. The van der Waals surface area contributed by atoms with Gasteiger partial charge in [-0.25, -0.2) is 4.39 Å². The lowest BCUT2D eigenvalue weighted by Gasteiger charge is -2.03. The first-order chi connectivity index (χ1) is 6.56. The monoisotopic (exact) mass is 203 g/mol. The van der Waals surface area contributed by atoms with Gasteiger partial charge in [0.2, 0.25) is 5.82 Å².